The highest BCUT2D eigenvalue weighted by Crippen LogP contribution is 2.31. The van der Waals surface area contributed by atoms with Gasteiger partial charge in [-0.3, -0.25) is 0 Å². The highest BCUT2D eigenvalue weighted by molar-refractivity contribution is 6.31. The van der Waals surface area contributed by atoms with Crippen molar-refractivity contribution in [2.45, 2.75) is 44.9 Å². The second-order valence-corrected chi connectivity index (χ2v) is 4.41. The summed E-state index contributed by atoms with van der Waals surface area (Å²) in [5.41, 5.74) is 1.30. The summed E-state index contributed by atoms with van der Waals surface area (Å²) in [6.07, 6.45) is 5.88. The minimum absolute atomic E-state index is 0.594. The molecule has 15 heavy (non-hydrogen) atoms. The van der Waals surface area contributed by atoms with Crippen molar-refractivity contribution in [2.75, 3.05) is 0 Å². The Bertz CT molecular complexity index is 280. The van der Waals surface area contributed by atoms with E-state index in [1.165, 1.54) is 24.8 Å². The normalized spacial score (nSPS) is 12.7. The monoisotopic (exact) mass is 223 g/mol. The SMILES string of the molecule is [CH2]CCC(CCCC)c1ccccc1Cl. The lowest BCUT2D eigenvalue weighted by atomic mass is 9.90. The molecule has 1 rings (SSSR count). The zero-order valence-corrected chi connectivity index (χ0v) is 10.3. The molecule has 1 unspecified atom stereocenters. The zero-order chi connectivity index (χ0) is 11.1. The summed E-state index contributed by atoms with van der Waals surface area (Å²) in [7, 11) is 0. The van der Waals surface area contributed by atoms with Crippen LogP contribution in [0.25, 0.3) is 0 Å². The third-order valence-corrected chi connectivity index (χ3v) is 3.15. The highest BCUT2D eigenvalue weighted by Gasteiger charge is 2.12. The molecule has 0 aliphatic rings. The average molecular weight is 224 g/mol. The molecule has 0 aliphatic carbocycles. The number of halogens is 1. The number of hydrogen-bond acceptors (Lipinski definition) is 0. The third-order valence-electron chi connectivity index (χ3n) is 2.80. The fraction of sp³-hybridized carbons (Fsp3) is 0.500. The van der Waals surface area contributed by atoms with Crippen LogP contribution in [0.4, 0.5) is 0 Å². The topological polar surface area (TPSA) is 0 Å². The number of rotatable bonds is 6. The minimum Gasteiger partial charge on any atom is -0.0840 e. The van der Waals surface area contributed by atoms with Crippen LogP contribution in [0, 0.1) is 6.92 Å². The maximum Gasteiger partial charge on any atom is 0.0440 e. The summed E-state index contributed by atoms with van der Waals surface area (Å²) in [5, 5.41) is 0.909. The summed E-state index contributed by atoms with van der Waals surface area (Å²) < 4.78 is 0. The van der Waals surface area contributed by atoms with E-state index in [-0.39, 0.29) is 0 Å². The molecular formula is C14H20Cl. The van der Waals surface area contributed by atoms with E-state index >= 15 is 0 Å². The molecule has 0 amide bonds. The van der Waals surface area contributed by atoms with Crippen LogP contribution in [-0.2, 0) is 0 Å². The molecule has 0 heterocycles. The Kier molecular flexibility index (Phi) is 5.78. The van der Waals surface area contributed by atoms with Crippen molar-refractivity contribution < 1.29 is 0 Å². The number of unbranched alkanes of at least 4 members (excludes halogenated alkanes) is 1. The molecule has 83 valence electrons. The van der Waals surface area contributed by atoms with Gasteiger partial charge < -0.3 is 0 Å². The molecular weight excluding hydrogens is 204 g/mol. The van der Waals surface area contributed by atoms with Gasteiger partial charge in [0.2, 0.25) is 0 Å². The van der Waals surface area contributed by atoms with Crippen LogP contribution < -0.4 is 0 Å². The van der Waals surface area contributed by atoms with Crippen molar-refractivity contribution in [2.24, 2.45) is 0 Å². The molecule has 0 spiro atoms. The fourth-order valence-corrected chi connectivity index (χ4v) is 2.25. The largest absolute Gasteiger partial charge is 0.0840 e. The summed E-state index contributed by atoms with van der Waals surface area (Å²) in [4.78, 5) is 0. The first-order chi connectivity index (χ1) is 7.29. The van der Waals surface area contributed by atoms with Gasteiger partial charge in [-0.2, -0.15) is 0 Å². The number of hydrogen-bond donors (Lipinski definition) is 0. The van der Waals surface area contributed by atoms with Gasteiger partial charge in [-0.1, -0.05) is 62.9 Å². The van der Waals surface area contributed by atoms with Gasteiger partial charge in [-0.25, -0.2) is 0 Å². The van der Waals surface area contributed by atoms with E-state index in [1.54, 1.807) is 0 Å². The molecule has 1 radical (unpaired) electrons. The van der Waals surface area contributed by atoms with Crippen molar-refractivity contribution in [3.8, 4) is 0 Å². The van der Waals surface area contributed by atoms with E-state index < -0.39 is 0 Å². The molecule has 1 aromatic carbocycles. The summed E-state index contributed by atoms with van der Waals surface area (Å²) in [6, 6.07) is 8.20. The van der Waals surface area contributed by atoms with Crippen LogP contribution in [0.2, 0.25) is 5.02 Å². The van der Waals surface area contributed by atoms with Crippen molar-refractivity contribution in [1.82, 2.24) is 0 Å². The Balaban J connectivity index is 2.74. The summed E-state index contributed by atoms with van der Waals surface area (Å²) in [6.45, 7) is 6.18. The molecule has 0 nitrogen and oxygen atoms in total. The van der Waals surface area contributed by atoms with Gasteiger partial charge in [0.25, 0.3) is 0 Å². The Morgan fingerprint density at radius 1 is 1.27 bits per heavy atom. The van der Waals surface area contributed by atoms with Gasteiger partial charge in [0, 0.05) is 5.02 Å². The molecule has 1 aromatic rings. The van der Waals surface area contributed by atoms with Crippen LogP contribution in [-0.4, -0.2) is 0 Å². The first-order valence-electron chi connectivity index (χ1n) is 5.83. The van der Waals surface area contributed by atoms with Crippen LogP contribution in [0.5, 0.6) is 0 Å². The Hall–Kier alpha value is -0.490. The average Bonchev–Trinajstić information content (AvgIpc) is 2.25. The smallest absolute Gasteiger partial charge is 0.0440 e. The van der Waals surface area contributed by atoms with Gasteiger partial charge in [0.05, 0.1) is 0 Å². The zero-order valence-electron chi connectivity index (χ0n) is 9.51. The minimum atomic E-state index is 0.594. The molecule has 0 saturated heterocycles. The van der Waals surface area contributed by atoms with Gasteiger partial charge in [0.15, 0.2) is 0 Å². The molecule has 0 aromatic heterocycles. The maximum atomic E-state index is 6.21. The van der Waals surface area contributed by atoms with E-state index in [9.17, 15) is 0 Å². The second-order valence-electron chi connectivity index (χ2n) is 4.00. The standard InChI is InChI=1S/C14H20Cl/c1-3-5-9-12(8-4-2)13-10-6-7-11-14(13)15/h6-7,10-12H,2-5,8-9H2,1H3. The van der Waals surface area contributed by atoms with Gasteiger partial charge in [0.1, 0.15) is 0 Å². The Morgan fingerprint density at radius 2 is 2.00 bits per heavy atom. The molecule has 1 atom stereocenters. The predicted octanol–water partition coefficient (Wildman–Crippen LogP) is 5.23. The molecule has 1 heteroatoms. The number of benzene rings is 1. The molecule has 0 aliphatic heterocycles. The molecule has 0 saturated carbocycles. The summed E-state index contributed by atoms with van der Waals surface area (Å²) >= 11 is 6.21. The van der Waals surface area contributed by atoms with Crippen LogP contribution in [0.3, 0.4) is 0 Å². The van der Waals surface area contributed by atoms with Crippen LogP contribution in [0.15, 0.2) is 24.3 Å². The maximum absolute atomic E-state index is 6.21. The molecule has 0 N–H and O–H groups in total. The lowest BCUT2D eigenvalue weighted by molar-refractivity contribution is 0.551. The van der Waals surface area contributed by atoms with E-state index in [4.69, 9.17) is 11.6 Å². The first kappa shape index (κ1) is 12.6. The van der Waals surface area contributed by atoms with Crippen LogP contribution >= 0.6 is 11.6 Å². The van der Waals surface area contributed by atoms with Gasteiger partial charge in [-0.05, 0) is 30.4 Å². The van der Waals surface area contributed by atoms with Crippen LogP contribution in [0.1, 0.15) is 50.5 Å². The lowest BCUT2D eigenvalue weighted by Gasteiger charge is -2.17. The quantitative estimate of drug-likeness (QED) is 0.620. The molecule has 0 bridgehead atoms. The van der Waals surface area contributed by atoms with Crippen molar-refractivity contribution in [1.29, 1.82) is 0 Å². The van der Waals surface area contributed by atoms with Gasteiger partial charge in [-0.15, -0.1) is 0 Å². The molecule has 0 fully saturated rings. The van der Waals surface area contributed by atoms with E-state index in [0.29, 0.717) is 5.92 Å². The van der Waals surface area contributed by atoms with Gasteiger partial charge >= 0.3 is 0 Å². The fourth-order valence-electron chi connectivity index (χ4n) is 1.96. The Morgan fingerprint density at radius 3 is 2.60 bits per heavy atom. The van der Waals surface area contributed by atoms with E-state index in [0.717, 1.165) is 17.9 Å². The van der Waals surface area contributed by atoms with Crippen molar-refractivity contribution in [3.05, 3.63) is 41.8 Å². The second kappa shape index (κ2) is 6.90. The predicted molar refractivity (Wildman–Crippen MR) is 68.3 cm³/mol. The first-order valence-corrected chi connectivity index (χ1v) is 6.21. The van der Waals surface area contributed by atoms with Crippen molar-refractivity contribution in [3.63, 3.8) is 0 Å². The van der Waals surface area contributed by atoms with E-state index in [2.05, 4.69) is 26.0 Å². The lowest BCUT2D eigenvalue weighted by Crippen LogP contribution is -1.99. The highest BCUT2D eigenvalue weighted by atomic mass is 35.5. The summed E-state index contributed by atoms with van der Waals surface area (Å²) in [5.74, 6) is 0.594. The Labute approximate surface area is 98.7 Å². The van der Waals surface area contributed by atoms with E-state index in [1.807, 2.05) is 12.1 Å². The third kappa shape index (κ3) is 3.87. The van der Waals surface area contributed by atoms with Crippen molar-refractivity contribution >= 4 is 11.6 Å².